The molecule has 1 aromatic carbocycles. The maximum Gasteiger partial charge on any atom is 0.310 e. The van der Waals surface area contributed by atoms with E-state index in [1.807, 2.05) is 0 Å². The summed E-state index contributed by atoms with van der Waals surface area (Å²) in [6.45, 7) is 1.01. The molecule has 17 heteroatoms. The molecule has 3 unspecified atom stereocenters. The fourth-order valence-corrected chi connectivity index (χ4v) is 5.90. The molecule has 2 N–H and O–H groups in total. The van der Waals surface area contributed by atoms with Crippen molar-refractivity contribution in [1.82, 2.24) is 15.2 Å². The lowest BCUT2D eigenvalue weighted by Crippen LogP contribution is -2.52. The molecule has 2 heterocycles. The van der Waals surface area contributed by atoms with Gasteiger partial charge in [-0.25, -0.2) is 13.8 Å². The van der Waals surface area contributed by atoms with Gasteiger partial charge in [-0.15, -0.1) is 0 Å². The number of nitrogens with zero attached hydrogens (tertiary/aromatic N) is 4. The van der Waals surface area contributed by atoms with Gasteiger partial charge in [0.2, 0.25) is 17.8 Å². The predicted molar refractivity (Wildman–Crippen MR) is 139 cm³/mol. The Kier molecular flexibility index (Phi) is 7.67. The van der Waals surface area contributed by atoms with Crippen molar-refractivity contribution in [3.63, 3.8) is 0 Å². The molecule has 1 aliphatic heterocycles. The van der Waals surface area contributed by atoms with E-state index in [1.165, 1.54) is 6.92 Å². The normalized spacial score (nSPS) is 24.8. The van der Waals surface area contributed by atoms with Gasteiger partial charge in [0, 0.05) is 42.8 Å². The number of nitriles is 1. The molecule has 1 aromatic heterocycles. The molecule has 8 nitrogen and oxygen atoms in total. The number of hydrogen-bond acceptors (Lipinski definition) is 6. The number of β-amino-alcohol motifs (C(OH)–C–C–N with tert-alkyl or cyclic N) is 1. The highest BCUT2D eigenvalue weighted by Gasteiger charge is 2.65. The van der Waals surface area contributed by atoms with Crippen LogP contribution in [0.3, 0.4) is 0 Å². The molecule has 2 aliphatic rings. The number of carbonyl (C=O) groups is 2. The first-order valence-corrected chi connectivity index (χ1v) is 14.9. The van der Waals surface area contributed by atoms with Crippen molar-refractivity contribution in [3.05, 3.63) is 54.1 Å². The minimum Gasteiger partial charge on any atom is -0.388 e. The van der Waals surface area contributed by atoms with E-state index in [-0.39, 0.29) is 43.5 Å². The van der Waals surface area contributed by atoms with Gasteiger partial charge in [-0.3, -0.25) is 19.4 Å². The molecule has 0 spiro atoms. The lowest BCUT2D eigenvalue weighted by atomic mass is 9.91. The maximum atomic E-state index is 14.1. The summed E-state index contributed by atoms with van der Waals surface area (Å²) in [6, 6.07) is -1.06. The lowest BCUT2D eigenvalue weighted by Gasteiger charge is -2.41. The fourth-order valence-electron chi connectivity index (χ4n) is 5.25. The molecule has 2 fully saturated rings. The molecular weight excluding hydrogens is 614 g/mol. The molecule has 1 aliphatic carbocycles. The monoisotopic (exact) mass is 641 g/mol. The number of alkyl halides is 2. The summed E-state index contributed by atoms with van der Waals surface area (Å²) in [6.07, 6.45) is 0.858. The summed E-state index contributed by atoms with van der Waals surface area (Å²) in [5.74, 6) is -6.03. The second-order valence-corrected chi connectivity index (χ2v) is 13.5. The molecule has 0 bridgehead atoms. The summed E-state index contributed by atoms with van der Waals surface area (Å²) < 4.78 is 108. The van der Waals surface area contributed by atoms with Crippen LogP contribution in [0.1, 0.15) is 50.6 Å². The topological polar surface area (TPSA) is 110 Å². The summed E-state index contributed by atoms with van der Waals surface area (Å²) in [4.78, 5) is 30.6. The van der Waals surface area contributed by atoms with Crippen LogP contribution in [0.5, 0.6) is 0 Å². The summed E-state index contributed by atoms with van der Waals surface area (Å²) in [7, 11) is -10.1. The van der Waals surface area contributed by atoms with E-state index in [0.717, 1.165) is 23.2 Å². The number of hydrogen-bond donors (Lipinski definition) is 2. The first-order chi connectivity index (χ1) is 19.6. The van der Waals surface area contributed by atoms with E-state index in [9.17, 15) is 52.6 Å². The van der Waals surface area contributed by atoms with E-state index in [1.54, 1.807) is 6.19 Å². The number of likely N-dealkylation sites (tertiary alicyclic amines) is 1. The number of amides is 2. The number of nitrogens with one attached hydrogen (secondary N) is 1. The SMILES string of the molecule is CC1(O)CC(C(=O)N(c2ccc(S(F)(F)(F)(F)F)cc2)C(C(=O)NC2CCC(F)(F)CC2)c2ccc(F)nc2)N(C#N)C1. The van der Waals surface area contributed by atoms with Gasteiger partial charge in [0.25, 0.3) is 5.91 Å². The summed E-state index contributed by atoms with van der Waals surface area (Å²) in [5.41, 5.74) is -2.23. The van der Waals surface area contributed by atoms with Crippen molar-refractivity contribution in [2.45, 2.75) is 73.6 Å². The van der Waals surface area contributed by atoms with Crippen LogP contribution < -0.4 is 10.2 Å². The second kappa shape index (κ2) is 10.2. The number of halogens is 8. The van der Waals surface area contributed by atoms with Crippen molar-refractivity contribution in [2.24, 2.45) is 0 Å². The molecule has 1 saturated heterocycles. The largest absolute Gasteiger partial charge is 0.388 e. The second-order valence-electron chi connectivity index (χ2n) is 11.1. The van der Waals surface area contributed by atoms with Gasteiger partial charge in [0.05, 0.1) is 12.1 Å². The third-order valence-electron chi connectivity index (χ3n) is 7.37. The Morgan fingerprint density at radius 3 is 2.23 bits per heavy atom. The van der Waals surface area contributed by atoms with Crippen molar-refractivity contribution in [1.29, 1.82) is 5.26 Å². The number of aliphatic hydroxyl groups is 1. The number of pyridine rings is 1. The molecule has 236 valence electrons. The van der Waals surface area contributed by atoms with Crippen LogP contribution in [0.25, 0.3) is 0 Å². The van der Waals surface area contributed by atoms with Gasteiger partial charge in [0.15, 0.2) is 6.19 Å². The maximum absolute atomic E-state index is 14.1. The first-order valence-electron chi connectivity index (χ1n) is 12.9. The van der Waals surface area contributed by atoms with Gasteiger partial charge < -0.3 is 10.4 Å². The fraction of sp³-hybridized carbons (Fsp3) is 0.462. The number of rotatable bonds is 7. The van der Waals surface area contributed by atoms with Crippen LogP contribution in [0.15, 0.2) is 47.5 Å². The Labute approximate surface area is 241 Å². The van der Waals surface area contributed by atoms with Crippen LogP contribution in [0, 0.1) is 17.4 Å². The van der Waals surface area contributed by atoms with E-state index in [2.05, 4.69) is 10.3 Å². The van der Waals surface area contributed by atoms with Crippen LogP contribution in [0.4, 0.5) is 38.3 Å². The Balaban J connectivity index is 1.83. The van der Waals surface area contributed by atoms with Crippen LogP contribution in [0.2, 0.25) is 0 Å². The smallest absolute Gasteiger partial charge is 0.310 e. The average Bonchev–Trinajstić information content (AvgIpc) is 3.22. The Hall–Kier alpha value is -3.65. The minimum absolute atomic E-state index is 0.0329. The minimum atomic E-state index is -10.1. The highest BCUT2D eigenvalue weighted by atomic mass is 32.5. The van der Waals surface area contributed by atoms with Crippen molar-refractivity contribution in [3.8, 4) is 6.19 Å². The zero-order valence-corrected chi connectivity index (χ0v) is 23.3. The number of anilines is 1. The number of benzene rings is 1. The Bertz CT molecular complexity index is 1420. The first kappa shape index (κ1) is 32.3. The number of carbonyl (C=O) groups excluding carboxylic acids is 2. The van der Waals surface area contributed by atoms with E-state index < -0.39 is 81.1 Å². The Morgan fingerprint density at radius 2 is 1.72 bits per heavy atom. The molecular formula is C26H27F8N5O3S. The van der Waals surface area contributed by atoms with Crippen LogP contribution in [-0.2, 0) is 9.59 Å². The summed E-state index contributed by atoms with van der Waals surface area (Å²) in [5, 5.41) is 22.7. The zero-order valence-electron chi connectivity index (χ0n) is 22.5. The molecule has 4 rings (SSSR count). The van der Waals surface area contributed by atoms with Gasteiger partial charge in [-0.2, -0.15) is 9.65 Å². The Morgan fingerprint density at radius 1 is 1.12 bits per heavy atom. The predicted octanol–water partition coefficient (Wildman–Crippen LogP) is 5.95. The zero-order chi connectivity index (χ0) is 32.1. The summed E-state index contributed by atoms with van der Waals surface area (Å²) >= 11 is 0. The van der Waals surface area contributed by atoms with Gasteiger partial charge >= 0.3 is 10.2 Å². The average molecular weight is 642 g/mol. The molecule has 3 atom stereocenters. The number of aromatic nitrogens is 1. The van der Waals surface area contributed by atoms with Gasteiger partial charge in [-0.05, 0) is 50.1 Å². The quantitative estimate of drug-likeness (QED) is 0.220. The molecule has 43 heavy (non-hydrogen) atoms. The van der Waals surface area contributed by atoms with Gasteiger partial charge in [0.1, 0.15) is 17.0 Å². The standard InChI is InChI=1S/C26H27F8N5O3S/c1-25(42)12-20(38(14-25)15-35)24(41)39(18-3-5-19(6-4-18)43(30,31,32,33)34)22(16-2-7-21(27)36-13-16)23(40)37-17-8-10-26(28,29)11-9-17/h2-7,13,17,20,22,42H,8-12,14H2,1H3,(H,37,40). The van der Waals surface area contributed by atoms with Crippen molar-refractivity contribution in [2.75, 3.05) is 11.4 Å². The van der Waals surface area contributed by atoms with Crippen molar-refractivity contribution < 1.29 is 47.3 Å². The lowest BCUT2D eigenvalue weighted by molar-refractivity contribution is -0.129. The van der Waals surface area contributed by atoms with Crippen LogP contribution in [-0.4, -0.2) is 57.0 Å². The van der Waals surface area contributed by atoms with E-state index in [0.29, 0.717) is 17.0 Å². The highest BCUT2D eigenvalue weighted by Crippen LogP contribution is 3.02. The van der Waals surface area contributed by atoms with E-state index in [4.69, 9.17) is 0 Å². The third kappa shape index (κ3) is 7.47. The molecule has 0 radical (unpaired) electrons. The van der Waals surface area contributed by atoms with Crippen molar-refractivity contribution >= 4 is 27.7 Å². The molecule has 2 aromatic rings. The van der Waals surface area contributed by atoms with Crippen LogP contribution >= 0.6 is 10.2 Å². The van der Waals surface area contributed by atoms with Gasteiger partial charge in [-0.1, -0.05) is 25.5 Å². The highest BCUT2D eigenvalue weighted by molar-refractivity contribution is 8.45. The van der Waals surface area contributed by atoms with E-state index >= 15 is 0 Å². The molecule has 2 amide bonds. The molecule has 1 saturated carbocycles. The third-order valence-corrected chi connectivity index (χ3v) is 8.53.